The SMILES string of the molecule is COc1ccc2ccc(N(C3CCN(CC(=O)Nc4ccncc4N)C3=O)S(=O)O)cc2c1. The molecule has 2 heterocycles. The third kappa shape index (κ3) is 4.73. The Hall–Kier alpha value is -3.70. The quantitative estimate of drug-likeness (QED) is 0.450. The predicted molar refractivity (Wildman–Crippen MR) is 126 cm³/mol. The molecule has 0 spiro atoms. The van der Waals surface area contributed by atoms with Crippen molar-refractivity contribution in [2.75, 3.05) is 35.6 Å². The average Bonchev–Trinajstić information content (AvgIpc) is 3.14. The zero-order valence-electron chi connectivity index (χ0n) is 17.8. The number of amides is 2. The van der Waals surface area contributed by atoms with Gasteiger partial charge in [-0.3, -0.25) is 23.4 Å². The van der Waals surface area contributed by atoms with Crippen LogP contribution < -0.4 is 20.1 Å². The van der Waals surface area contributed by atoms with Gasteiger partial charge in [0.25, 0.3) is 11.3 Å². The summed E-state index contributed by atoms with van der Waals surface area (Å²) in [6.45, 7) is 0.0791. The van der Waals surface area contributed by atoms with Gasteiger partial charge in [-0.05, 0) is 47.5 Å². The van der Waals surface area contributed by atoms with Crippen LogP contribution in [0.4, 0.5) is 17.1 Å². The van der Waals surface area contributed by atoms with Crippen LogP contribution in [-0.2, 0) is 20.9 Å². The van der Waals surface area contributed by atoms with Gasteiger partial charge in [-0.1, -0.05) is 12.1 Å². The molecule has 1 aliphatic rings. The lowest BCUT2D eigenvalue weighted by Crippen LogP contribution is -2.44. The Kier molecular flexibility index (Phi) is 6.43. The molecule has 0 bridgehead atoms. The molecule has 10 nitrogen and oxygen atoms in total. The topological polar surface area (TPSA) is 138 Å². The van der Waals surface area contributed by atoms with Gasteiger partial charge in [0.1, 0.15) is 11.8 Å². The van der Waals surface area contributed by atoms with Crippen molar-refractivity contribution in [3.63, 3.8) is 0 Å². The number of hydrogen-bond donors (Lipinski definition) is 3. The normalized spacial score (nSPS) is 16.6. The highest BCUT2D eigenvalue weighted by molar-refractivity contribution is 7.80. The van der Waals surface area contributed by atoms with Crippen LogP contribution >= 0.6 is 0 Å². The first-order valence-electron chi connectivity index (χ1n) is 10.1. The summed E-state index contributed by atoms with van der Waals surface area (Å²) in [5.74, 6) is -0.169. The smallest absolute Gasteiger partial charge is 0.262 e. The first-order chi connectivity index (χ1) is 15.9. The molecule has 3 aromatic rings. The number of fused-ring (bicyclic) bond motifs is 1. The number of carbonyl (C=O) groups is 2. The predicted octanol–water partition coefficient (Wildman–Crippen LogP) is 2.01. The number of rotatable bonds is 7. The fourth-order valence-corrected chi connectivity index (χ4v) is 4.54. The molecular weight excluding hydrogens is 446 g/mol. The van der Waals surface area contributed by atoms with Gasteiger partial charge in [-0.2, -0.15) is 0 Å². The third-order valence-electron chi connectivity index (χ3n) is 5.47. The Bertz CT molecular complexity index is 1240. The minimum Gasteiger partial charge on any atom is -0.497 e. The summed E-state index contributed by atoms with van der Waals surface area (Å²) in [7, 11) is 1.56. The van der Waals surface area contributed by atoms with Crippen molar-refractivity contribution in [3.05, 3.63) is 54.9 Å². The Labute approximate surface area is 192 Å². The summed E-state index contributed by atoms with van der Waals surface area (Å²) >= 11 is -2.45. The van der Waals surface area contributed by atoms with Gasteiger partial charge in [-0.15, -0.1) is 0 Å². The second-order valence-electron chi connectivity index (χ2n) is 7.53. The van der Waals surface area contributed by atoms with Crippen molar-refractivity contribution in [1.29, 1.82) is 0 Å². The molecule has 2 atom stereocenters. The van der Waals surface area contributed by atoms with Crippen molar-refractivity contribution in [3.8, 4) is 5.75 Å². The van der Waals surface area contributed by atoms with E-state index in [0.29, 0.717) is 29.2 Å². The van der Waals surface area contributed by atoms with E-state index >= 15 is 0 Å². The van der Waals surface area contributed by atoms with Gasteiger partial charge < -0.3 is 20.7 Å². The summed E-state index contributed by atoms with van der Waals surface area (Å²) in [5, 5.41) is 4.38. The summed E-state index contributed by atoms with van der Waals surface area (Å²) in [6.07, 6.45) is 3.21. The minimum atomic E-state index is -2.45. The van der Waals surface area contributed by atoms with E-state index in [0.717, 1.165) is 10.8 Å². The second kappa shape index (κ2) is 9.43. The summed E-state index contributed by atoms with van der Waals surface area (Å²) in [5.41, 5.74) is 6.93. The number of hydrogen-bond acceptors (Lipinski definition) is 6. The number of methoxy groups -OCH3 is 1. The first kappa shape index (κ1) is 22.5. The number of ether oxygens (including phenoxy) is 1. The van der Waals surface area contributed by atoms with E-state index in [1.165, 1.54) is 21.6 Å². The molecule has 0 saturated carbocycles. The standard InChI is InChI=1S/C22H23N5O5S/c1-32-17-5-3-14-2-4-16(10-15(14)11-17)27(33(30)31)20-7-9-26(22(20)29)13-21(28)25-19-6-8-24-12-18(19)23/h2-6,8,10-12,20H,7,9,13,23H2,1H3,(H,30,31)(H,24,25,28). The molecular formula is C22H23N5O5S. The van der Waals surface area contributed by atoms with Gasteiger partial charge in [0, 0.05) is 12.7 Å². The highest BCUT2D eigenvalue weighted by Gasteiger charge is 2.39. The van der Waals surface area contributed by atoms with Crippen LogP contribution in [0.2, 0.25) is 0 Å². The van der Waals surface area contributed by atoms with Crippen LogP contribution in [0.3, 0.4) is 0 Å². The number of nitrogens with one attached hydrogen (secondary N) is 1. The van der Waals surface area contributed by atoms with Gasteiger partial charge >= 0.3 is 0 Å². The number of aromatic nitrogens is 1. The van der Waals surface area contributed by atoms with E-state index in [1.807, 2.05) is 24.3 Å². The number of nitrogens with two attached hydrogens (primary N) is 1. The lowest BCUT2D eigenvalue weighted by molar-refractivity contribution is -0.132. The molecule has 2 unspecified atom stereocenters. The number of benzene rings is 2. The highest BCUT2D eigenvalue weighted by Crippen LogP contribution is 2.30. The van der Waals surface area contributed by atoms with Gasteiger partial charge in [-0.25, -0.2) is 4.21 Å². The maximum absolute atomic E-state index is 13.0. The van der Waals surface area contributed by atoms with E-state index < -0.39 is 29.1 Å². The first-order valence-corrected chi connectivity index (χ1v) is 11.2. The zero-order valence-corrected chi connectivity index (χ0v) is 18.6. The van der Waals surface area contributed by atoms with E-state index in [-0.39, 0.29) is 13.1 Å². The van der Waals surface area contributed by atoms with Crippen molar-refractivity contribution < 1.29 is 23.1 Å². The molecule has 2 amide bonds. The zero-order chi connectivity index (χ0) is 23.5. The number of nitrogens with zero attached hydrogens (tertiary/aromatic N) is 3. The average molecular weight is 470 g/mol. The van der Waals surface area contributed by atoms with E-state index in [1.54, 1.807) is 25.3 Å². The monoisotopic (exact) mass is 469 g/mol. The molecule has 2 aromatic carbocycles. The van der Waals surface area contributed by atoms with Crippen molar-refractivity contribution >= 4 is 50.9 Å². The molecule has 33 heavy (non-hydrogen) atoms. The van der Waals surface area contributed by atoms with Crippen molar-refractivity contribution in [2.45, 2.75) is 12.5 Å². The summed E-state index contributed by atoms with van der Waals surface area (Å²) in [6, 6.07) is 11.5. The molecule has 1 aliphatic heterocycles. The fraction of sp³-hybridized carbons (Fsp3) is 0.227. The van der Waals surface area contributed by atoms with Crippen molar-refractivity contribution in [2.24, 2.45) is 0 Å². The highest BCUT2D eigenvalue weighted by atomic mass is 32.2. The lowest BCUT2D eigenvalue weighted by Gasteiger charge is -2.26. The van der Waals surface area contributed by atoms with E-state index in [2.05, 4.69) is 10.3 Å². The van der Waals surface area contributed by atoms with E-state index in [9.17, 15) is 18.4 Å². The number of carbonyl (C=O) groups excluding carboxylic acids is 2. The molecule has 1 saturated heterocycles. The number of nitrogen functional groups attached to an aromatic ring is 1. The van der Waals surface area contributed by atoms with E-state index in [4.69, 9.17) is 10.5 Å². The maximum Gasteiger partial charge on any atom is 0.262 e. The van der Waals surface area contributed by atoms with Crippen LogP contribution in [0.1, 0.15) is 6.42 Å². The van der Waals surface area contributed by atoms with Crippen LogP contribution in [0, 0.1) is 0 Å². The number of likely N-dealkylation sites (tertiary alicyclic amines) is 1. The van der Waals surface area contributed by atoms with Crippen LogP contribution in [0.15, 0.2) is 54.9 Å². The summed E-state index contributed by atoms with van der Waals surface area (Å²) < 4.78 is 28.7. The Morgan fingerprint density at radius 3 is 2.82 bits per heavy atom. The van der Waals surface area contributed by atoms with Gasteiger partial charge in [0.15, 0.2) is 0 Å². The largest absolute Gasteiger partial charge is 0.497 e. The minimum absolute atomic E-state index is 0.197. The van der Waals surface area contributed by atoms with Crippen LogP contribution in [0.5, 0.6) is 5.75 Å². The second-order valence-corrected chi connectivity index (χ2v) is 8.38. The molecule has 1 aromatic heterocycles. The molecule has 172 valence electrons. The van der Waals surface area contributed by atoms with Gasteiger partial charge in [0.05, 0.1) is 36.9 Å². The summed E-state index contributed by atoms with van der Waals surface area (Å²) in [4.78, 5) is 30.7. The van der Waals surface area contributed by atoms with Crippen LogP contribution in [-0.4, -0.2) is 56.7 Å². The van der Waals surface area contributed by atoms with Gasteiger partial charge in [0.2, 0.25) is 11.8 Å². The number of pyridine rings is 1. The molecule has 11 heteroatoms. The Morgan fingerprint density at radius 1 is 1.30 bits per heavy atom. The Morgan fingerprint density at radius 2 is 2.09 bits per heavy atom. The van der Waals surface area contributed by atoms with Crippen LogP contribution in [0.25, 0.3) is 10.8 Å². The molecule has 1 fully saturated rings. The molecule has 0 radical (unpaired) electrons. The third-order valence-corrected chi connectivity index (χ3v) is 6.27. The lowest BCUT2D eigenvalue weighted by atomic mass is 10.1. The number of anilines is 3. The Balaban J connectivity index is 1.52. The maximum atomic E-state index is 13.0. The fourth-order valence-electron chi connectivity index (χ4n) is 3.84. The molecule has 0 aliphatic carbocycles. The van der Waals surface area contributed by atoms with Crippen molar-refractivity contribution in [1.82, 2.24) is 9.88 Å². The molecule has 4 N–H and O–H groups in total. The molecule has 4 rings (SSSR count).